The molecule has 2 saturated carbocycles. The molecule has 2 aliphatic carbocycles. The first-order valence-corrected chi connectivity index (χ1v) is 9.74. The van der Waals surface area contributed by atoms with E-state index in [0.29, 0.717) is 35.7 Å². The molecule has 2 nitrogen and oxygen atoms in total. The first kappa shape index (κ1) is 17.7. The lowest BCUT2D eigenvalue weighted by atomic mass is 9.52. The van der Waals surface area contributed by atoms with Gasteiger partial charge in [0.2, 0.25) is 0 Å². The topological polar surface area (TPSA) is 26.3 Å². The standard InChI is InChI=1S/C22H32O2/c1-17(13-15-23)19-10-6-11-20-21(12-7-14-22(19,20)2)24-16-18-8-4-3-5-9-18/h3-5,8-9,15,17,19-21H,6-7,10-14,16H2,1-2H3/t17-,19-,20+,21+,22-/m1/s1. The molecule has 0 aliphatic heterocycles. The number of hydrogen-bond acceptors (Lipinski definition) is 2. The van der Waals surface area contributed by atoms with Crippen LogP contribution in [0.2, 0.25) is 0 Å². The first-order chi connectivity index (χ1) is 11.6. The molecule has 1 aromatic carbocycles. The lowest BCUT2D eigenvalue weighted by molar-refractivity contribution is -0.126. The van der Waals surface area contributed by atoms with E-state index in [0.717, 1.165) is 12.9 Å². The van der Waals surface area contributed by atoms with Crippen LogP contribution in [-0.4, -0.2) is 12.4 Å². The van der Waals surface area contributed by atoms with Crippen molar-refractivity contribution in [3.05, 3.63) is 35.9 Å². The van der Waals surface area contributed by atoms with Crippen molar-refractivity contribution in [3.63, 3.8) is 0 Å². The van der Waals surface area contributed by atoms with E-state index >= 15 is 0 Å². The Kier molecular flexibility index (Phi) is 5.76. The zero-order valence-corrected chi connectivity index (χ0v) is 15.2. The van der Waals surface area contributed by atoms with Gasteiger partial charge in [0.15, 0.2) is 0 Å². The molecule has 0 N–H and O–H groups in total. The third kappa shape index (κ3) is 3.59. The largest absolute Gasteiger partial charge is 0.373 e. The Hall–Kier alpha value is -1.15. The monoisotopic (exact) mass is 328 g/mol. The number of benzene rings is 1. The van der Waals surface area contributed by atoms with Crippen LogP contribution >= 0.6 is 0 Å². The van der Waals surface area contributed by atoms with Gasteiger partial charge in [-0.15, -0.1) is 0 Å². The molecule has 0 amide bonds. The van der Waals surface area contributed by atoms with Crippen LogP contribution in [0.3, 0.4) is 0 Å². The van der Waals surface area contributed by atoms with Crippen LogP contribution in [0.5, 0.6) is 0 Å². The van der Waals surface area contributed by atoms with Gasteiger partial charge in [0, 0.05) is 6.42 Å². The van der Waals surface area contributed by atoms with E-state index in [2.05, 4.69) is 44.2 Å². The zero-order valence-electron chi connectivity index (χ0n) is 15.2. The Labute approximate surface area is 147 Å². The summed E-state index contributed by atoms with van der Waals surface area (Å²) in [4.78, 5) is 11.0. The minimum atomic E-state index is 0.348. The molecule has 3 rings (SSSR count). The van der Waals surface area contributed by atoms with E-state index in [1.165, 1.54) is 44.1 Å². The van der Waals surface area contributed by atoms with Gasteiger partial charge in [0.1, 0.15) is 6.29 Å². The molecule has 0 unspecified atom stereocenters. The van der Waals surface area contributed by atoms with E-state index < -0.39 is 0 Å². The van der Waals surface area contributed by atoms with E-state index in [-0.39, 0.29) is 0 Å². The van der Waals surface area contributed by atoms with E-state index in [1.807, 2.05) is 0 Å². The van der Waals surface area contributed by atoms with E-state index in [4.69, 9.17) is 4.74 Å². The molecule has 2 heteroatoms. The van der Waals surface area contributed by atoms with Crippen molar-refractivity contribution in [2.24, 2.45) is 23.2 Å². The average Bonchev–Trinajstić information content (AvgIpc) is 2.60. The number of carbonyl (C=O) groups is 1. The predicted molar refractivity (Wildman–Crippen MR) is 97.7 cm³/mol. The highest BCUT2D eigenvalue weighted by Gasteiger charge is 2.50. The SMILES string of the molecule is C[C@H](CC=O)[C@H]1CCC[C@H]2[C@@H](OCc3ccccc3)CCC[C@]12C. The summed E-state index contributed by atoms with van der Waals surface area (Å²) in [5, 5.41) is 0. The zero-order chi connectivity index (χ0) is 17.0. The van der Waals surface area contributed by atoms with Crippen molar-refractivity contribution < 1.29 is 9.53 Å². The summed E-state index contributed by atoms with van der Waals surface area (Å²) in [6.45, 7) is 5.49. The third-order valence-corrected chi connectivity index (χ3v) is 6.84. The highest BCUT2D eigenvalue weighted by atomic mass is 16.5. The van der Waals surface area contributed by atoms with Crippen LogP contribution in [0.25, 0.3) is 0 Å². The average molecular weight is 328 g/mol. The van der Waals surface area contributed by atoms with Gasteiger partial charge in [-0.05, 0) is 54.4 Å². The summed E-state index contributed by atoms with van der Waals surface area (Å²) in [5.41, 5.74) is 1.62. The Morgan fingerprint density at radius 1 is 1.21 bits per heavy atom. The van der Waals surface area contributed by atoms with Gasteiger partial charge in [0.05, 0.1) is 12.7 Å². The molecule has 0 bridgehead atoms. The van der Waals surface area contributed by atoms with Crippen molar-refractivity contribution in [2.75, 3.05) is 0 Å². The smallest absolute Gasteiger partial charge is 0.120 e. The van der Waals surface area contributed by atoms with Gasteiger partial charge in [-0.3, -0.25) is 0 Å². The van der Waals surface area contributed by atoms with Crippen LogP contribution in [-0.2, 0) is 16.1 Å². The maximum Gasteiger partial charge on any atom is 0.120 e. The van der Waals surface area contributed by atoms with Crippen LogP contribution in [0.15, 0.2) is 30.3 Å². The molecule has 0 aromatic heterocycles. The second-order valence-corrected chi connectivity index (χ2v) is 8.26. The Bertz CT molecular complexity index is 526. The summed E-state index contributed by atoms with van der Waals surface area (Å²) in [5.74, 6) is 1.83. The number of aldehydes is 1. The van der Waals surface area contributed by atoms with Crippen LogP contribution in [0.4, 0.5) is 0 Å². The van der Waals surface area contributed by atoms with Gasteiger partial charge >= 0.3 is 0 Å². The molecule has 132 valence electrons. The van der Waals surface area contributed by atoms with Crippen LogP contribution in [0, 0.1) is 23.2 Å². The maximum atomic E-state index is 11.0. The minimum Gasteiger partial charge on any atom is -0.373 e. The maximum absolute atomic E-state index is 11.0. The molecule has 0 radical (unpaired) electrons. The van der Waals surface area contributed by atoms with Crippen molar-refractivity contribution in [1.82, 2.24) is 0 Å². The van der Waals surface area contributed by atoms with Crippen LogP contribution < -0.4 is 0 Å². The molecule has 1 aromatic rings. The second kappa shape index (κ2) is 7.82. The lowest BCUT2D eigenvalue weighted by Gasteiger charge is -2.55. The summed E-state index contributed by atoms with van der Waals surface area (Å²) < 4.78 is 6.42. The normalized spacial score (nSPS) is 34.3. The van der Waals surface area contributed by atoms with Gasteiger partial charge in [-0.25, -0.2) is 0 Å². The number of hydrogen-bond donors (Lipinski definition) is 0. The van der Waals surface area contributed by atoms with Gasteiger partial charge in [0.25, 0.3) is 0 Å². The van der Waals surface area contributed by atoms with Crippen molar-refractivity contribution in [3.8, 4) is 0 Å². The number of carbonyl (C=O) groups excluding carboxylic acids is 1. The molecule has 5 atom stereocenters. The molecule has 24 heavy (non-hydrogen) atoms. The predicted octanol–water partition coefficient (Wildman–Crippen LogP) is 5.40. The number of fused-ring (bicyclic) bond motifs is 1. The quantitative estimate of drug-likeness (QED) is 0.653. The minimum absolute atomic E-state index is 0.348. The van der Waals surface area contributed by atoms with Gasteiger partial charge in [-0.2, -0.15) is 0 Å². The number of rotatable bonds is 6. The molecule has 0 spiro atoms. The summed E-state index contributed by atoms with van der Waals surface area (Å²) >= 11 is 0. The van der Waals surface area contributed by atoms with E-state index in [1.54, 1.807) is 0 Å². The third-order valence-electron chi connectivity index (χ3n) is 6.84. The van der Waals surface area contributed by atoms with Gasteiger partial charge < -0.3 is 9.53 Å². The molecular formula is C22H32O2. The summed E-state index contributed by atoms with van der Waals surface area (Å²) in [6, 6.07) is 10.5. The fraction of sp³-hybridized carbons (Fsp3) is 0.682. The molecule has 2 aliphatic rings. The van der Waals surface area contributed by atoms with Crippen molar-refractivity contribution >= 4 is 6.29 Å². The summed E-state index contributed by atoms with van der Waals surface area (Å²) in [7, 11) is 0. The number of ether oxygens (including phenoxy) is 1. The highest BCUT2D eigenvalue weighted by molar-refractivity contribution is 5.49. The first-order valence-electron chi connectivity index (χ1n) is 9.74. The van der Waals surface area contributed by atoms with Crippen LogP contribution in [0.1, 0.15) is 64.4 Å². The van der Waals surface area contributed by atoms with E-state index in [9.17, 15) is 4.79 Å². The summed E-state index contributed by atoms with van der Waals surface area (Å²) in [6.07, 6.45) is 9.84. The highest BCUT2D eigenvalue weighted by Crippen LogP contribution is 2.56. The van der Waals surface area contributed by atoms with Gasteiger partial charge in [-0.1, -0.05) is 57.0 Å². The molecular weight excluding hydrogens is 296 g/mol. The fourth-order valence-corrected chi connectivity index (χ4v) is 5.59. The Balaban J connectivity index is 1.70. The lowest BCUT2D eigenvalue weighted by Crippen LogP contribution is -2.50. The molecule has 0 heterocycles. The molecule has 0 saturated heterocycles. The molecule has 2 fully saturated rings. The second-order valence-electron chi connectivity index (χ2n) is 8.26. The Morgan fingerprint density at radius 3 is 2.75 bits per heavy atom. The van der Waals surface area contributed by atoms with Crippen molar-refractivity contribution in [2.45, 2.75) is 71.5 Å². The Morgan fingerprint density at radius 2 is 2.00 bits per heavy atom. The fourth-order valence-electron chi connectivity index (χ4n) is 5.59. The van der Waals surface area contributed by atoms with Crippen molar-refractivity contribution in [1.29, 1.82) is 0 Å².